The fraction of sp³-hybridized carbons (Fsp3) is 0.133. The lowest BCUT2D eigenvalue weighted by Crippen LogP contribution is -2.31. The summed E-state index contributed by atoms with van der Waals surface area (Å²) >= 11 is 11.7. The molecule has 0 aromatic heterocycles. The highest BCUT2D eigenvalue weighted by Crippen LogP contribution is 2.31. The number of carbonyl (C=O) groups is 1. The first-order valence-corrected chi connectivity index (χ1v) is 6.89. The first kappa shape index (κ1) is 13.3. The van der Waals surface area contributed by atoms with Crippen molar-refractivity contribution >= 4 is 34.8 Å². The van der Waals surface area contributed by atoms with Crippen LogP contribution in [0, 0.1) is 0 Å². The van der Waals surface area contributed by atoms with E-state index in [-0.39, 0.29) is 5.91 Å². The van der Waals surface area contributed by atoms with E-state index in [2.05, 4.69) is 5.32 Å². The molecular weight excluding hydrogens is 297 g/mol. The smallest absolute Gasteiger partial charge is 0.265 e. The number of hydrogen-bond acceptors (Lipinski definition) is 2. The van der Waals surface area contributed by atoms with Gasteiger partial charge in [-0.2, -0.15) is 0 Å². The third-order valence-electron chi connectivity index (χ3n) is 3.10. The van der Waals surface area contributed by atoms with Gasteiger partial charge in [-0.3, -0.25) is 4.79 Å². The van der Waals surface area contributed by atoms with Crippen molar-refractivity contribution in [1.29, 1.82) is 0 Å². The number of carbonyl (C=O) groups excluding carboxylic acids is 1. The highest BCUT2D eigenvalue weighted by Gasteiger charge is 2.29. The average molecular weight is 308 g/mol. The molecule has 1 N–H and O–H groups in total. The highest BCUT2D eigenvalue weighted by atomic mass is 35.5. The zero-order chi connectivity index (χ0) is 14.1. The van der Waals surface area contributed by atoms with Crippen LogP contribution in [-0.4, -0.2) is 12.0 Å². The molecule has 1 heterocycles. The first-order chi connectivity index (χ1) is 9.61. The van der Waals surface area contributed by atoms with Crippen molar-refractivity contribution in [3.63, 3.8) is 0 Å². The van der Waals surface area contributed by atoms with Crippen molar-refractivity contribution in [2.24, 2.45) is 0 Å². The minimum Gasteiger partial charge on any atom is -0.480 e. The van der Waals surface area contributed by atoms with E-state index in [1.54, 1.807) is 36.4 Å². The maximum atomic E-state index is 12.2. The lowest BCUT2D eigenvalue weighted by molar-refractivity contribution is -0.122. The van der Waals surface area contributed by atoms with Crippen LogP contribution in [0.2, 0.25) is 10.0 Å². The number of amides is 1. The zero-order valence-corrected chi connectivity index (χ0v) is 11.9. The van der Waals surface area contributed by atoms with Crippen LogP contribution in [0.5, 0.6) is 5.75 Å². The Kier molecular flexibility index (Phi) is 3.55. The molecular formula is C15H11Cl2NO2. The Balaban J connectivity index is 1.69. The second kappa shape index (κ2) is 5.35. The summed E-state index contributed by atoms with van der Waals surface area (Å²) in [5.41, 5.74) is 1.64. The summed E-state index contributed by atoms with van der Waals surface area (Å²) in [5.74, 6) is 0.533. The Bertz CT molecular complexity index is 655. The Morgan fingerprint density at radius 2 is 1.80 bits per heavy atom. The molecule has 3 nitrogen and oxygen atoms in total. The predicted molar refractivity (Wildman–Crippen MR) is 79.7 cm³/mol. The Labute approximate surface area is 126 Å². The molecule has 0 saturated carbocycles. The molecule has 0 bridgehead atoms. The van der Waals surface area contributed by atoms with Gasteiger partial charge < -0.3 is 10.1 Å². The number of halogens is 2. The lowest BCUT2D eigenvalue weighted by atomic mass is 10.1. The van der Waals surface area contributed by atoms with Crippen molar-refractivity contribution in [2.45, 2.75) is 12.5 Å². The van der Waals surface area contributed by atoms with Gasteiger partial charge in [-0.1, -0.05) is 23.2 Å². The Hall–Kier alpha value is -1.71. The number of nitrogens with one attached hydrogen (secondary N) is 1. The van der Waals surface area contributed by atoms with Gasteiger partial charge >= 0.3 is 0 Å². The maximum Gasteiger partial charge on any atom is 0.265 e. The van der Waals surface area contributed by atoms with E-state index in [9.17, 15) is 4.79 Å². The summed E-state index contributed by atoms with van der Waals surface area (Å²) < 4.78 is 5.62. The van der Waals surface area contributed by atoms with E-state index in [0.717, 1.165) is 5.56 Å². The number of fused-ring (bicyclic) bond motifs is 1. The minimum atomic E-state index is -0.529. The molecule has 0 saturated heterocycles. The SMILES string of the molecule is O=C(Nc1ccc(Cl)cc1)C1Cc2cc(Cl)ccc2O1. The average Bonchev–Trinajstić information content (AvgIpc) is 2.84. The molecule has 1 aliphatic heterocycles. The molecule has 5 heteroatoms. The second-order valence-corrected chi connectivity index (χ2v) is 5.43. The van der Waals surface area contributed by atoms with E-state index in [1.807, 2.05) is 6.07 Å². The Morgan fingerprint density at radius 1 is 1.10 bits per heavy atom. The number of benzene rings is 2. The van der Waals surface area contributed by atoms with Gasteiger partial charge in [0.25, 0.3) is 5.91 Å². The van der Waals surface area contributed by atoms with Crippen LogP contribution in [0.25, 0.3) is 0 Å². The number of anilines is 1. The van der Waals surface area contributed by atoms with E-state index in [0.29, 0.717) is 27.9 Å². The van der Waals surface area contributed by atoms with Gasteiger partial charge in [0.2, 0.25) is 0 Å². The third kappa shape index (κ3) is 2.74. The van der Waals surface area contributed by atoms with Gasteiger partial charge in [0.15, 0.2) is 6.10 Å². The second-order valence-electron chi connectivity index (χ2n) is 4.56. The van der Waals surface area contributed by atoms with Crippen LogP contribution in [0.15, 0.2) is 42.5 Å². The highest BCUT2D eigenvalue weighted by molar-refractivity contribution is 6.31. The van der Waals surface area contributed by atoms with Crippen molar-refractivity contribution in [3.8, 4) is 5.75 Å². The van der Waals surface area contributed by atoms with Gasteiger partial charge in [-0.25, -0.2) is 0 Å². The van der Waals surface area contributed by atoms with Gasteiger partial charge in [0, 0.05) is 22.2 Å². The van der Waals surface area contributed by atoms with Crippen molar-refractivity contribution in [2.75, 3.05) is 5.32 Å². The molecule has 1 aliphatic rings. The third-order valence-corrected chi connectivity index (χ3v) is 3.59. The molecule has 0 radical (unpaired) electrons. The summed E-state index contributed by atoms with van der Waals surface area (Å²) in [6.07, 6.45) is -0.00544. The summed E-state index contributed by atoms with van der Waals surface area (Å²) in [4.78, 5) is 12.2. The topological polar surface area (TPSA) is 38.3 Å². The van der Waals surface area contributed by atoms with Crippen LogP contribution in [0.1, 0.15) is 5.56 Å². The zero-order valence-electron chi connectivity index (χ0n) is 10.4. The molecule has 2 aromatic carbocycles. The summed E-state index contributed by atoms with van der Waals surface area (Å²) in [5, 5.41) is 4.08. The van der Waals surface area contributed by atoms with Gasteiger partial charge in [-0.15, -0.1) is 0 Å². The standard InChI is InChI=1S/C15H11Cl2NO2/c16-10-1-4-12(5-2-10)18-15(19)14-8-9-7-11(17)3-6-13(9)20-14/h1-7,14H,8H2,(H,18,19). The maximum absolute atomic E-state index is 12.2. The molecule has 0 aliphatic carbocycles. The monoisotopic (exact) mass is 307 g/mol. The minimum absolute atomic E-state index is 0.181. The molecule has 1 atom stereocenters. The van der Waals surface area contributed by atoms with Crippen LogP contribution in [0.3, 0.4) is 0 Å². The predicted octanol–water partition coefficient (Wildman–Crippen LogP) is 3.94. The van der Waals surface area contributed by atoms with E-state index in [1.165, 1.54) is 0 Å². The van der Waals surface area contributed by atoms with Crippen LogP contribution in [-0.2, 0) is 11.2 Å². The Morgan fingerprint density at radius 3 is 2.55 bits per heavy atom. The molecule has 3 rings (SSSR count). The summed E-state index contributed by atoms with van der Waals surface area (Å²) in [7, 11) is 0. The fourth-order valence-corrected chi connectivity index (χ4v) is 2.44. The molecule has 0 fully saturated rings. The van der Waals surface area contributed by atoms with E-state index >= 15 is 0 Å². The van der Waals surface area contributed by atoms with Gasteiger partial charge in [0.05, 0.1) is 0 Å². The lowest BCUT2D eigenvalue weighted by Gasteiger charge is -2.11. The summed E-state index contributed by atoms with van der Waals surface area (Å²) in [6.45, 7) is 0. The van der Waals surface area contributed by atoms with Crippen LogP contribution >= 0.6 is 23.2 Å². The molecule has 20 heavy (non-hydrogen) atoms. The van der Waals surface area contributed by atoms with E-state index in [4.69, 9.17) is 27.9 Å². The quantitative estimate of drug-likeness (QED) is 0.912. The van der Waals surface area contributed by atoms with Gasteiger partial charge in [-0.05, 0) is 48.0 Å². The van der Waals surface area contributed by atoms with Crippen molar-refractivity contribution < 1.29 is 9.53 Å². The summed E-state index contributed by atoms with van der Waals surface area (Å²) in [6, 6.07) is 12.3. The number of hydrogen-bond donors (Lipinski definition) is 1. The van der Waals surface area contributed by atoms with Crippen LogP contribution < -0.4 is 10.1 Å². The van der Waals surface area contributed by atoms with Crippen LogP contribution in [0.4, 0.5) is 5.69 Å². The molecule has 2 aromatic rings. The molecule has 102 valence electrons. The van der Waals surface area contributed by atoms with E-state index < -0.39 is 6.10 Å². The first-order valence-electron chi connectivity index (χ1n) is 6.13. The number of rotatable bonds is 2. The van der Waals surface area contributed by atoms with Gasteiger partial charge in [0.1, 0.15) is 5.75 Å². The van der Waals surface area contributed by atoms with Crippen molar-refractivity contribution in [3.05, 3.63) is 58.1 Å². The fourth-order valence-electron chi connectivity index (χ4n) is 2.12. The molecule has 1 unspecified atom stereocenters. The molecule has 1 amide bonds. The van der Waals surface area contributed by atoms with Crippen molar-refractivity contribution in [1.82, 2.24) is 0 Å². The normalized spacial score (nSPS) is 16.4. The number of ether oxygens (including phenoxy) is 1. The molecule has 0 spiro atoms. The largest absolute Gasteiger partial charge is 0.480 e.